The molecule has 1 nitrogen and oxygen atoms in total. The van der Waals surface area contributed by atoms with Gasteiger partial charge in [0, 0.05) is 6.54 Å². The molecule has 4 fully saturated rings. The van der Waals surface area contributed by atoms with Gasteiger partial charge in [0.15, 0.2) is 0 Å². The molecule has 0 saturated heterocycles. The van der Waals surface area contributed by atoms with E-state index in [2.05, 4.69) is 19.3 Å². The fourth-order valence-electron chi connectivity index (χ4n) is 5.64. The van der Waals surface area contributed by atoms with Crippen molar-refractivity contribution in [2.24, 2.45) is 22.7 Å². The van der Waals surface area contributed by atoms with Crippen LogP contribution in [0.15, 0.2) is 0 Å². The van der Waals surface area contributed by atoms with Gasteiger partial charge in [-0.05, 0) is 68.2 Å². The minimum absolute atomic E-state index is 0.703. The molecule has 0 radical (unpaired) electrons. The zero-order valence-corrected chi connectivity index (χ0v) is 10.3. The van der Waals surface area contributed by atoms with Gasteiger partial charge in [0.2, 0.25) is 0 Å². The molecule has 4 saturated carbocycles. The van der Waals surface area contributed by atoms with Crippen LogP contribution in [0.5, 0.6) is 0 Å². The Hall–Kier alpha value is -0.0400. The van der Waals surface area contributed by atoms with Gasteiger partial charge in [0.1, 0.15) is 0 Å². The van der Waals surface area contributed by atoms with E-state index in [1.165, 1.54) is 32.2 Å². The number of hydrogen-bond donors (Lipinski definition) is 1. The topological polar surface area (TPSA) is 12.0 Å². The van der Waals surface area contributed by atoms with Crippen molar-refractivity contribution in [3.05, 3.63) is 0 Å². The van der Waals surface area contributed by atoms with Crippen molar-refractivity contribution in [3.63, 3.8) is 0 Å². The molecule has 0 aliphatic heterocycles. The summed E-state index contributed by atoms with van der Waals surface area (Å²) in [5, 5.41) is 3.47. The van der Waals surface area contributed by atoms with E-state index >= 15 is 0 Å². The van der Waals surface area contributed by atoms with Crippen LogP contribution >= 0.6 is 0 Å². The lowest BCUT2D eigenvalue weighted by Crippen LogP contribution is -2.54. The molecule has 0 aromatic rings. The molecule has 2 atom stereocenters. The second kappa shape index (κ2) is 3.23. The van der Waals surface area contributed by atoms with E-state index in [1.54, 1.807) is 19.3 Å². The van der Waals surface area contributed by atoms with Crippen LogP contribution in [0.1, 0.15) is 51.9 Å². The van der Waals surface area contributed by atoms with E-state index in [-0.39, 0.29) is 0 Å². The molecule has 15 heavy (non-hydrogen) atoms. The first-order valence-electron chi connectivity index (χ1n) is 6.84. The maximum absolute atomic E-state index is 3.47. The Bertz CT molecular complexity index is 244. The summed E-state index contributed by atoms with van der Waals surface area (Å²) >= 11 is 0. The maximum Gasteiger partial charge on any atom is 0.000521 e. The fraction of sp³-hybridized carbons (Fsp3) is 1.00. The lowest BCUT2D eigenvalue weighted by molar-refractivity contribution is -0.110. The summed E-state index contributed by atoms with van der Waals surface area (Å²) in [4.78, 5) is 0. The van der Waals surface area contributed by atoms with Crippen LogP contribution in [0.3, 0.4) is 0 Å². The zero-order chi connectivity index (χ0) is 10.5. The Morgan fingerprint density at radius 1 is 1.07 bits per heavy atom. The Kier molecular flexibility index (Phi) is 2.18. The van der Waals surface area contributed by atoms with E-state index in [0.717, 1.165) is 17.3 Å². The molecule has 4 aliphatic carbocycles. The van der Waals surface area contributed by atoms with Crippen molar-refractivity contribution in [3.8, 4) is 0 Å². The van der Waals surface area contributed by atoms with Gasteiger partial charge in [0.25, 0.3) is 0 Å². The second-order valence-electron chi connectivity index (χ2n) is 6.84. The van der Waals surface area contributed by atoms with E-state index < -0.39 is 0 Å². The highest BCUT2D eigenvalue weighted by Crippen LogP contribution is 2.65. The maximum atomic E-state index is 3.47. The van der Waals surface area contributed by atoms with Crippen LogP contribution in [-0.4, -0.2) is 13.6 Å². The Morgan fingerprint density at radius 3 is 2.20 bits per heavy atom. The molecular weight excluding hydrogens is 182 g/mol. The highest BCUT2D eigenvalue weighted by Gasteiger charge is 2.56. The first-order valence-corrected chi connectivity index (χ1v) is 6.84. The smallest absolute Gasteiger partial charge is 0.000521 e. The largest absolute Gasteiger partial charge is 0.319 e. The molecular formula is C14H25N. The molecule has 0 aromatic heterocycles. The Morgan fingerprint density at radius 2 is 1.67 bits per heavy atom. The third-order valence-corrected chi connectivity index (χ3v) is 5.61. The molecule has 86 valence electrons. The summed E-state index contributed by atoms with van der Waals surface area (Å²) in [6.07, 6.45) is 10.7. The van der Waals surface area contributed by atoms with Crippen molar-refractivity contribution >= 4 is 0 Å². The van der Waals surface area contributed by atoms with Crippen molar-refractivity contribution in [1.82, 2.24) is 5.32 Å². The van der Waals surface area contributed by atoms with Gasteiger partial charge in [-0.1, -0.05) is 13.3 Å². The molecule has 4 rings (SSSR count). The highest BCUT2D eigenvalue weighted by atomic mass is 14.8. The lowest BCUT2D eigenvalue weighted by Gasteiger charge is -2.62. The first-order chi connectivity index (χ1) is 7.19. The van der Waals surface area contributed by atoms with Crippen molar-refractivity contribution < 1.29 is 0 Å². The van der Waals surface area contributed by atoms with Crippen LogP contribution in [-0.2, 0) is 0 Å². The van der Waals surface area contributed by atoms with E-state index in [4.69, 9.17) is 0 Å². The van der Waals surface area contributed by atoms with Gasteiger partial charge < -0.3 is 5.32 Å². The molecule has 2 unspecified atom stereocenters. The summed E-state index contributed by atoms with van der Waals surface area (Å²) in [5.74, 6) is 2.17. The summed E-state index contributed by atoms with van der Waals surface area (Å²) in [6.45, 7) is 3.71. The zero-order valence-electron chi connectivity index (χ0n) is 10.3. The molecule has 0 aromatic carbocycles. The Balaban J connectivity index is 1.88. The van der Waals surface area contributed by atoms with Crippen LogP contribution in [0.2, 0.25) is 0 Å². The second-order valence-corrected chi connectivity index (χ2v) is 6.84. The number of rotatable bonds is 3. The van der Waals surface area contributed by atoms with Crippen LogP contribution < -0.4 is 5.32 Å². The third kappa shape index (κ3) is 1.46. The van der Waals surface area contributed by atoms with Crippen LogP contribution in [0, 0.1) is 22.7 Å². The lowest BCUT2D eigenvalue weighted by atomic mass is 9.43. The van der Waals surface area contributed by atoms with E-state index in [9.17, 15) is 0 Å². The predicted molar refractivity (Wildman–Crippen MR) is 63.8 cm³/mol. The van der Waals surface area contributed by atoms with Gasteiger partial charge in [-0.15, -0.1) is 0 Å². The third-order valence-electron chi connectivity index (χ3n) is 5.61. The minimum atomic E-state index is 0.703. The molecule has 1 heteroatoms. The van der Waals surface area contributed by atoms with Crippen molar-refractivity contribution in [2.75, 3.05) is 13.6 Å². The van der Waals surface area contributed by atoms with Gasteiger partial charge >= 0.3 is 0 Å². The number of hydrogen-bond acceptors (Lipinski definition) is 1. The Labute approximate surface area is 94.0 Å². The van der Waals surface area contributed by atoms with Crippen molar-refractivity contribution in [1.29, 1.82) is 0 Å². The highest BCUT2D eigenvalue weighted by molar-refractivity contribution is 5.07. The average Bonchev–Trinajstić information content (AvgIpc) is 2.15. The van der Waals surface area contributed by atoms with Gasteiger partial charge in [-0.2, -0.15) is 0 Å². The monoisotopic (exact) mass is 207 g/mol. The summed E-state index contributed by atoms with van der Waals surface area (Å²) in [6, 6.07) is 0. The quantitative estimate of drug-likeness (QED) is 0.749. The van der Waals surface area contributed by atoms with Crippen molar-refractivity contribution in [2.45, 2.75) is 51.9 Å². The molecule has 1 N–H and O–H groups in total. The van der Waals surface area contributed by atoms with E-state index in [1.807, 2.05) is 0 Å². The molecule has 4 aliphatic rings. The minimum Gasteiger partial charge on any atom is -0.319 e. The number of nitrogens with one attached hydrogen (secondary N) is 1. The summed E-state index contributed by atoms with van der Waals surface area (Å²) in [5.41, 5.74) is 1.47. The fourth-order valence-corrected chi connectivity index (χ4v) is 5.64. The summed E-state index contributed by atoms with van der Waals surface area (Å²) in [7, 11) is 2.14. The van der Waals surface area contributed by atoms with Gasteiger partial charge in [-0.3, -0.25) is 0 Å². The molecule has 0 spiro atoms. The standard InChI is InChI=1S/C14H25N/c1-3-13-5-11-4-12(6-13)8-14(7-11,9-13)10-15-2/h11-12,15H,3-10H2,1-2H3. The van der Waals surface area contributed by atoms with Gasteiger partial charge in [-0.25, -0.2) is 0 Å². The van der Waals surface area contributed by atoms with Gasteiger partial charge in [0.05, 0.1) is 0 Å². The normalized spacial score (nSPS) is 52.4. The first kappa shape index (κ1) is 10.1. The molecule has 0 heterocycles. The van der Waals surface area contributed by atoms with Crippen LogP contribution in [0.25, 0.3) is 0 Å². The van der Waals surface area contributed by atoms with E-state index in [0.29, 0.717) is 5.41 Å². The molecule has 4 bridgehead atoms. The average molecular weight is 207 g/mol. The van der Waals surface area contributed by atoms with Crippen LogP contribution in [0.4, 0.5) is 0 Å². The SMILES string of the molecule is CCC12CC3CC(C1)CC(CNC)(C3)C2. The molecule has 0 amide bonds. The summed E-state index contributed by atoms with van der Waals surface area (Å²) < 4.78 is 0. The predicted octanol–water partition coefficient (Wildman–Crippen LogP) is 3.20.